The van der Waals surface area contributed by atoms with Crippen molar-refractivity contribution in [3.05, 3.63) is 60.7 Å². The average molecular weight is 400 g/mol. The summed E-state index contributed by atoms with van der Waals surface area (Å²) in [6, 6.07) is 11.5. The van der Waals surface area contributed by atoms with Crippen molar-refractivity contribution in [2.24, 2.45) is 0 Å². The van der Waals surface area contributed by atoms with Gasteiger partial charge in [0.25, 0.3) is 5.69 Å². The number of anilines is 2. The van der Waals surface area contributed by atoms with Gasteiger partial charge in [-0.15, -0.1) is 0 Å². The van der Waals surface area contributed by atoms with Crippen LogP contribution in [0.3, 0.4) is 0 Å². The molecule has 5 nitrogen and oxygen atoms in total. The fourth-order valence-electron chi connectivity index (χ4n) is 1.60. The molecule has 0 radical (unpaired) electrons. The minimum absolute atomic E-state index is 0.0337. The molecule has 0 unspecified atom stereocenters. The van der Waals surface area contributed by atoms with Gasteiger partial charge in [0.1, 0.15) is 11.6 Å². The summed E-state index contributed by atoms with van der Waals surface area (Å²) in [5.74, 6) is 0. The predicted octanol–water partition coefficient (Wildman–Crippen LogP) is 4.47. The van der Waals surface area contributed by atoms with E-state index >= 15 is 0 Å². The minimum Gasteiger partial charge on any atom is -0.354 e. The van der Waals surface area contributed by atoms with Crippen LogP contribution in [0.15, 0.2) is 36.4 Å². The Morgan fingerprint density at radius 1 is 1.30 bits per heavy atom. The zero-order valence-electron chi connectivity index (χ0n) is 9.93. The summed E-state index contributed by atoms with van der Waals surface area (Å²) in [6.45, 7) is 0. The lowest BCUT2D eigenvalue weighted by Gasteiger charge is -2.09. The van der Waals surface area contributed by atoms with Gasteiger partial charge in [-0.3, -0.25) is 10.1 Å². The van der Waals surface area contributed by atoms with Gasteiger partial charge in [0, 0.05) is 20.3 Å². The molecule has 0 saturated carbocycles. The molecule has 0 atom stereocenters. The quantitative estimate of drug-likeness (QED) is 0.469. The van der Waals surface area contributed by atoms with E-state index in [1.165, 1.54) is 12.1 Å². The lowest BCUT2D eigenvalue weighted by Crippen LogP contribution is -1.97. The summed E-state index contributed by atoms with van der Waals surface area (Å²) in [6.07, 6.45) is 0. The molecule has 1 N–H and O–H groups in total. The zero-order valence-corrected chi connectivity index (χ0v) is 12.8. The summed E-state index contributed by atoms with van der Waals surface area (Å²) in [7, 11) is 0. The van der Waals surface area contributed by atoms with Crippen LogP contribution in [0.25, 0.3) is 0 Å². The van der Waals surface area contributed by atoms with Crippen LogP contribution in [0.2, 0.25) is 5.02 Å². The Balaban J connectivity index is 2.37. The maximum absolute atomic E-state index is 10.9. The van der Waals surface area contributed by atoms with Crippen molar-refractivity contribution in [1.82, 2.24) is 0 Å². The minimum atomic E-state index is -0.573. The maximum Gasteiger partial charge on any atom is 0.289 e. The lowest BCUT2D eigenvalue weighted by molar-refractivity contribution is -0.385. The van der Waals surface area contributed by atoms with Gasteiger partial charge in [-0.25, -0.2) is 0 Å². The van der Waals surface area contributed by atoms with Crippen molar-refractivity contribution in [1.29, 1.82) is 5.26 Å². The molecular weight excluding hydrogens is 393 g/mol. The number of halogens is 2. The van der Waals surface area contributed by atoms with E-state index in [4.69, 9.17) is 16.9 Å². The molecular formula is C13H7ClIN3O2. The van der Waals surface area contributed by atoms with E-state index in [1.807, 2.05) is 0 Å². The number of nitro groups is 1. The maximum atomic E-state index is 10.9. The van der Waals surface area contributed by atoms with E-state index in [9.17, 15) is 10.1 Å². The number of benzene rings is 2. The number of hydrogen-bond donors (Lipinski definition) is 1. The highest BCUT2D eigenvalue weighted by molar-refractivity contribution is 14.1. The Labute approximate surface area is 133 Å². The Hall–Kier alpha value is -1.85. The monoisotopic (exact) mass is 399 g/mol. The Kier molecular flexibility index (Phi) is 4.42. The summed E-state index contributed by atoms with van der Waals surface area (Å²) >= 11 is 7.98. The molecule has 0 aromatic heterocycles. The van der Waals surface area contributed by atoms with Crippen molar-refractivity contribution in [3.63, 3.8) is 0 Å². The van der Waals surface area contributed by atoms with Crippen LogP contribution in [0.1, 0.15) is 5.56 Å². The second-order valence-corrected chi connectivity index (χ2v) is 5.45. The smallest absolute Gasteiger partial charge is 0.289 e. The third-order valence-corrected chi connectivity index (χ3v) is 3.65. The number of rotatable bonds is 3. The van der Waals surface area contributed by atoms with Crippen molar-refractivity contribution in [2.45, 2.75) is 0 Å². The van der Waals surface area contributed by atoms with Gasteiger partial charge in [-0.1, -0.05) is 11.6 Å². The van der Waals surface area contributed by atoms with Gasteiger partial charge in [0.15, 0.2) is 0 Å². The highest BCUT2D eigenvalue weighted by Crippen LogP contribution is 2.28. The molecule has 2 rings (SSSR count). The van der Waals surface area contributed by atoms with Crippen molar-refractivity contribution in [2.75, 3.05) is 5.32 Å². The second-order valence-electron chi connectivity index (χ2n) is 3.85. The van der Waals surface area contributed by atoms with Gasteiger partial charge in [0.05, 0.1) is 10.6 Å². The number of nitrogens with zero attached hydrogens (tertiary/aromatic N) is 2. The first-order valence-electron chi connectivity index (χ1n) is 5.42. The molecule has 0 saturated heterocycles. The van der Waals surface area contributed by atoms with E-state index < -0.39 is 4.92 Å². The molecule has 0 fully saturated rings. The van der Waals surface area contributed by atoms with Crippen LogP contribution in [0.5, 0.6) is 0 Å². The third kappa shape index (κ3) is 3.18. The van der Waals surface area contributed by atoms with Crippen LogP contribution in [0, 0.1) is 25.0 Å². The van der Waals surface area contributed by atoms with E-state index in [1.54, 1.807) is 30.3 Å². The summed E-state index contributed by atoms with van der Waals surface area (Å²) in [4.78, 5) is 10.3. The molecule has 0 bridgehead atoms. The van der Waals surface area contributed by atoms with Gasteiger partial charge in [-0.2, -0.15) is 5.26 Å². The Morgan fingerprint density at radius 3 is 2.65 bits per heavy atom. The fourth-order valence-corrected chi connectivity index (χ4v) is 2.61. The van der Waals surface area contributed by atoms with Gasteiger partial charge in [-0.05, 0) is 52.9 Å². The predicted molar refractivity (Wildman–Crippen MR) is 85.3 cm³/mol. The second kappa shape index (κ2) is 6.07. The van der Waals surface area contributed by atoms with Crippen LogP contribution in [0.4, 0.5) is 17.1 Å². The number of hydrogen-bond acceptors (Lipinski definition) is 4. The average Bonchev–Trinajstić information content (AvgIpc) is 2.41. The van der Waals surface area contributed by atoms with Crippen LogP contribution >= 0.6 is 34.2 Å². The number of nitro benzene ring substituents is 1. The first-order valence-corrected chi connectivity index (χ1v) is 6.87. The molecule has 0 amide bonds. The van der Waals surface area contributed by atoms with E-state index in [2.05, 4.69) is 27.9 Å². The van der Waals surface area contributed by atoms with Crippen molar-refractivity contribution < 1.29 is 4.92 Å². The molecule has 0 spiro atoms. The van der Waals surface area contributed by atoms with E-state index in [0.29, 0.717) is 10.7 Å². The van der Waals surface area contributed by atoms with Crippen LogP contribution in [-0.2, 0) is 0 Å². The fraction of sp³-hybridized carbons (Fsp3) is 0. The molecule has 0 aliphatic heterocycles. The highest BCUT2D eigenvalue weighted by Gasteiger charge is 2.14. The largest absolute Gasteiger partial charge is 0.354 e. The lowest BCUT2D eigenvalue weighted by atomic mass is 10.1. The summed E-state index contributed by atoms with van der Waals surface area (Å²) in [5.41, 5.74) is 1.14. The molecule has 2 aromatic rings. The SMILES string of the molecule is N#Cc1ccc(Nc2ccc(Cl)cc2I)cc1[N+](=O)[O-]. The van der Waals surface area contributed by atoms with Crippen molar-refractivity contribution in [3.8, 4) is 6.07 Å². The Morgan fingerprint density at radius 2 is 2.05 bits per heavy atom. The van der Waals surface area contributed by atoms with Gasteiger partial charge < -0.3 is 5.32 Å². The third-order valence-electron chi connectivity index (χ3n) is 2.53. The number of nitriles is 1. The molecule has 0 heterocycles. The standard InChI is InChI=1S/C13H7ClIN3O2/c14-9-2-4-12(11(15)5-9)17-10-3-1-8(7-16)13(6-10)18(19)20/h1-6,17H. The highest BCUT2D eigenvalue weighted by atomic mass is 127. The normalized spacial score (nSPS) is 9.85. The first-order chi connectivity index (χ1) is 9.51. The first kappa shape index (κ1) is 14.6. The molecule has 0 aliphatic carbocycles. The molecule has 0 aliphatic rings. The van der Waals surface area contributed by atoms with E-state index in [-0.39, 0.29) is 11.3 Å². The topological polar surface area (TPSA) is 79.0 Å². The molecule has 100 valence electrons. The number of nitrogens with one attached hydrogen (secondary N) is 1. The molecule has 20 heavy (non-hydrogen) atoms. The van der Waals surface area contributed by atoms with Crippen LogP contribution < -0.4 is 5.32 Å². The molecule has 7 heteroatoms. The summed E-state index contributed by atoms with van der Waals surface area (Å²) < 4.78 is 0.891. The van der Waals surface area contributed by atoms with Crippen molar-refractivity contribution >= 4 is 51.3 Å². The molecule has 2 aromatic carbocycles. The van der Waals surface area contributed by atoms with Gasteiger partial charge >= 0.3 is 0 Å². The summed E-state index contributed by atoms with van der Waals surface area (Å²) in [5, 5.41) is 23.4. The Bertz CT molecular complexity index is 728. The van der Waals surface area contributed by atoms with E-state index in [0.717, 1.165) is 9.26 Å². The zero-order chi connectivity index (χ0) is 14.7. The van der Waals surface area contributed by atoms with Gasteiger partial charge in [0.2, 0.25) is 0 Å². The van der Waals surface area contributed by atoms with Crippen LogP contribution in [-0.4, -0.2) is 4.92 Å².